The molecule has 0 aliphatic heterocycles. The van der Waals surface area contributed by atoms with Crippen molar-refractivity contribution in [1.82, 2.24) is 5.32 Å². The maximum Gasteiger partial charge on any atom is 0.407 e. The first-order chi connectivity index (χ1) is 9.87. The van der Waals surface area contributed by atoms with Crippen molar-refractivity contribution in [3.63, 3.8) is 0 Å². The number of unbranched alkanes of at least 4 members (excludes halogenated alkanes) is 2. The summed E-state index contributed by atoms with van der Waals surface area (Å²) >= 11 is 0. The minimum Gasteiger partial charge on any atom is -0.494 e. The zero-order chi connectivity index (χ0) is 15.7. The second-order valence-electron chi connectivity index (χ2n) is 5.91. The maximum atomic E-state index is 11.4. The number of anilines is 1. The van der Waals surface area contributed by atoms with E-state index in [2.05, 4.69) is 5.32 Å². The predicted molar refractivity (Wildman–Crippen MR) is 84.4 cm³/mol. The van der Waals surface area contributed by atoms with Crippen LogP contribution in [0.3, 0.4) is 0 Å². The quantitative estimate of drug-likeness (QED) is 0.597. The molecule has 1 aromatic rings. The van der Waals surface area contributed by atoms with E-state index in [1.54, 1.807) is 0 Å². The third-order valence-corrected chi connectivity index (χ3v) is 2.64. The van der Waals surface area contributed by atoms with Crippen LogP contribution in [0.25, 0.3) is 0 Å². The molecule has 0 heterocycles. The fourth-order valence-corrected chi connectivity index (χ4v) is 1.66. The van der Waals surface area contributed by atoms with Crippen molar-refractivity contribution in [3.05, 3.63) is 24.3 Å². The van der Waals surface area contributed by atoms with Crippen LogP contribution in [0.1, 0.15) is 40.0 Å². The number of nitrogens with one attached hydrogen (secondary N) is 1. The Morgan fingerprint density at radius 2 is 1.81 bits per heavy atom. The summed E-state index contributed by atoms with van der Waals surface area (Å²) in [5, 5.41) is 2.74. The molecule has 0 aromatic heterocycles. The van der Waals surface area contributed by atoms with Crippen molar-refractivity contribution in [1.29, 1.82) is 0 Å². The van der Waals surface area contributed by atoms with Gasteiger partial charge in [0.25, 0.3) is 0 Å². The van der Waals surface area contributed by atoms with Crippen LogP contribution in [0, 0.1) is 0 Å². The Bertz CT molecular complexity index is 424. The number of benzene rings is 1. The van der Waals surface area contributed by atoms with Crippen LogP contribution < -0.4 is 15.8 Å². The van der Waals surface area contributed by atoms with E-state index in [1.807, 2.05) is 45.0 Å². The topological polar surface area (TPSA) is 73.6 Å². The van der Waals surface area contributed by atoms with Gasteiger partial charge in [-0.1, -0.05) is 0 Å². The molecule has 0 saturated heterocycles. The number of hydrogen-bond acceptors (Lipinski definition) is 4. The molecule has 0 unspecified atom stereocenters. The lowest BCUT2D eigenvalue weighted by atomic mass is 10.2. The Balaban J connectivity index is 2.00. The predicted octanol–water partition coefficient (Wildman–Crippen LogP) is 3.34. The van der Waals surface area contributed by atoms with Crippen molar-refractivity contribution < 1.29 is 14.3 Å². The summed E-state index contributed by atoms with van der Waals surface area (Å²) in [5.74, 6) is 0.830. The molecule has 1 aromatic carbocycles. The number of nitrogen functional groups attached to an aromatic ring is 1. The van der Waals surface area contributed by atoms with E-state index < -0.39 is 5.60 Å². The lowest BCUT2D eigenvalue weighted by Crippen LogP contribution is -2.33. The van der Waals surface area contributed by atoms with Gasteiger partial charge in [-0.15, -0.1) is 0 Å². The molecule has 0 aliphatic carbocycles. The summed E-state index contributed by atoms with van der Waals surface area (Å²) in [7, 11) is 0. The lowest BCUT2D eigenvalue weighted by molar-refractivity contribution is 0.0527. The zero-order valence-electron chi connectivity index (χ0n) is 13.1. The van der Waals surface area contributed by atoms with Crippen LogP contribution in [0.2, 0.25) is 0 Å². The monoisotopic (exact) mass is 294 g/mol. The second-order valence-corrected chi connectivity index (χ2v) is 5.91. The average Bonchev–Trinajstić information content (AvgIpc) is 2.37. The molecular formula is C16H26N2O3. The molecule has 0 aliphatic rings. The van der Waals surface area contributed by atoms with Gasteiger partial charge in [0.15, 0.2) is 0 Å². The molecule has 5 nitrogen and oxygen atoms in total. The van der Waals surface area contributed by atoms with E-state index in [1.165, 1.54) is 0 Å². The van der Waals surface area contributed by atoms with Crippen LogP contribution >= 0.6 is 0 Å². The van der Waals surface area contributed by atoms with Gasteiger partial charge in [-0.3, -0.25) is 0 Å². The average molecular weight is 294 g/mol. The SMILES string of the molecule is CC(C)(C)OC(=O)NCCCCCOc1ccc(N)cc1. The van der Waals surface area contributed by atoms with Crippen molar-refractivity contribution in [2.24, 2.45) is 0 Å². The van der Waals surface area contributed by atoms with Crippen molar-refractivity contribution >= 4 is 11.8 Å². The van der Waals surface area contributed by atoms with Crippen LogP contribution in [0.5, 0.6) is 5.75 Å². The third-order valence-electron chi connectivity index (χ3n) is 2.64. The number of carbonyl (C=O) groups is 1. The highest BCUT2D eigenvalue weighted by molar-refractivity contribution is 5.67. The first-order valence-corrected chi connectivity index (χ1v) is 7.32. The van der Waals surface area contributed by atoms with Crippen LogP contribution in [0.4, 0.5) is 10.5 Å². The molecule has 0 fully saturated rings. The Morgan fingerprint density at radius 3 is 2.43 bits per heavy atom. The van der Waals surface area contributed by atoms with E-state index in [-0.39, 0.29) is 6.09 Å². The van der Waals surface area contributed by atoms with Crippen molar-refractivity contribution in [3.8, 4) is 5.75 Å². The third kappa shape index (κ3) is 8.78. The fraction of sp³-hybridized carbons (Fsp3) is 0.562. The molecular weight excluding hydrogens is 268 g/mol. The van der Waals surface area contributed by atoms with E-state index in [0.717, 1.165) is 30.7 Å². The van der Waals surface area contributed by atoms with Gasteiger partial charge in [-0.25, -0.2) is 4.79 Å². The number of alkyl carbamates (subject to hydrolysis) is 1. The number of ether oxygens (including phenoxy) is 2. The number of hydrogen-bond donors (Lipinski definition) is 2. The number of rotatable bonds is 7. The molecule has 0 saturated carbocycles. The molecule has 3 N–H and O–H groups in total. The van der Waals surface area contributed by atoms with Crippen LogP contribution in [0.15, 0.2) is 24.3 Å². The van der Waals surface area contributed by atoms with Gasteiger partial charge < -0.3 is 20.5 Å². The fourth-order valence-electron chi connectivity index (χ4n) is 1.66. The second kappa shape index (κ2) is 8.39. The molecule has 0 radical (unpaired) electrons. The Kier molecular flexibility index (Phi) is 6.85. The van der Waals surface area contributed by atoms with Gasteiger partial charge in [0.05, 0.1) is 6.61 Å². The van der Waals surface area contributed by atoms with Crippen LogP contribution in [-0.2, 0) is 4.74 Å². The Labute approximate surface area is 126 Å². The first kappa shape index (κ1) is 17.1. The van der Waals surface area contributed by atoms with Gasteiger partial charge in [0.2, 0.25) is 0 Å². The summed E-state index contributed by atoms with van der Waals surface area (Å²) in [6.45, 7) is 6.83. The standard InChI is InChI=1S/C16H26N2O3/c1-16(2,3)21-15(19)18-11-5-4-6-12-20-14-9-7-13(17)8-10-14/h7-10H,4-6,11-12,17H2,1-3H3,(H,18,19). The normalized spacial score (nSPS) is 11.0. The minimum atomic E-state index is -0.447. The molecule has 0 spiro atoms. The van der Waals surface area contributed by atoms with E-state index in [9.17, 15) is 4.79 Å². The van der Waals surface area contributed by atoms with E-state index >= 15 is 0 Å². The van der Waals surface area contributed by atoms with Crippen molar-refractivity contribution in [2.75, 3.05) is 18.9 Å². The summed E-state index contributed by atoms with van der Waals surface area (Å²) in [6, 6.07) is 7.36. The number of amides is 1. The van der Waals surface area contributed by atoms with E-state index in [4.69, 9.17) is 15.2 Å². The van der Waals surface area contributed by atoms with Gasteiger partial charge in [0, 0.05) is 12.2 Å². The van der Waals surface area contributed by atoms with Gasteiger partial charge in [-0.05, 0) is 64.3 Å². The Morgan fingerprint density at radius 1 is 1.14 bits per heavy atom. The molecule has 21 heavy (non-hydrogen) atoms. The highest BCUT2D eigenvalue weighted by Gasteiger charge is 2.15. The molecule has 1 rings (SSSR count). The van der Waals surface area contributed by atoms with Gasteiger partial charge in [-0.2, -0.15) is 0 Å². The maximum absolute atomic E-state index is 11.4. The first-order valence-electron chi connectivity index (χ1n) is 7.32. The minimum absolute atomic E-state index is 0.361. The van der Waals surface area contributed by atoms with E-state index in [0.29, 0.717) is 13.2 Å². The molecule has 118 valence electrons. The largest absolute Gasteiger partial charge is 0.494 e. The van der Waals surface area contributed by atoms with Gasteiger partial charge >= 0.3 is 6.09 Å². The summed E-state index contributed by atoms with van der Waals surface area (Å²) in [5.41, 5.74) is 5.88. The highest BCUT2D eigenvalue weighted by Crippen LogP contribution is 2.13. The Hall–Kier alpha value is -1.91. The molecule has 0 atom stereocenters. The number of carbonyl (C=O) groups excluding carboxylic acids is 1. The zero-order valence-corrected chi connectivity index (χ0v) is 13.1. The molecule has 1 amide bonds. The van der Waals surface area contributed by atoms with Gasteiger partial charge in [0.1, 0.15) is 11.4 Å². The molecule has 5 heteroatoms. The summed E-state index contributed by atoms with van der Waals surface area (Å²) in [6.07, 6.45) is 2.48. The molecule has 0 bridgehead atoms. The number of nitrogens with two attached hydrogens (primary N) is 1. The lowest BCUT2D eigenvalue weighted by Gasteiger charge is -2.19. The van der Waals surface area contributed by atoms with Crippen molar-refractivity contribution in [2.45, 2.75) is 45.6 Å². The smallest absolute Gasteiger partial charge is 0.407 e. The highest BCUT2D eigenvalue weighted by atomic mass is 16.6. The van der Waals surface area contributed by atoms with Crippen LogP contribution in [-0.4, -0.2) is 24.8 Å². The summed E-state index contributed by atoms with van der Waals surface area (Å²) in [4.78, 5) is 11.4. The summed E-state index contributed by atoms with van der Waals surface area (Å²) < 4.78 is 10.7.